The third-order valence-electron chi connectivity index (χ3n) is 7.49. The van der Waals surface area contributed by atoms with E-state index in [-0.39, 0.29) is 41.5 Å². The van der Waals surface area contributed by atoms with Gasteiger partial charge in [0.25, 0.3) is 5.91 Å². The zero-order chi connectivity index (χ0) is 34.9. The molecule has 1 amide bonds. The highest BCUT2D eigenvalue weighted by atomic mass is 35.5. The van der Waals surface area contributed by atoms with Gasteiger partial charge in [-0.25, -0.2) is 13.9 Å². The molecule has 4 N–H and O–H groups in total. The van der Waals surface area contributed by atoms with Gasteiger partial charge in [0.1, 0.15) is 18.1 Å². The van der Waals surface area contributed by atoms with Crippen LogP contribution in [0.15, 0.2) is 48.5 Å². The van der Waals surface area contributed by atoms with Crippen LogP contribution in [0, 0.1) is 0 Å². The zero-order valence-electron chi connectivity index (χ0n) is 26.6. The fourth-order valence-corrected chi connectivity index (χ4v) is 5.71. The summed E-state index contributed by atoms with van der Waals surface area (Å²) in [5.41, 5.74) is -4.73. The van der Waals surface area contributed by atoms with Gasteiger partial charge in [0.15, 0.2) is 12.0 Å². The number of nitrogens with zero attached hydrogens (tertiary/aromatic N) is 1. The molecule has 0 spiro atoms. The van der Waals surface area contributed by atoms with Crippen LogP contribution in [0.1, 0.15) is 61.8 Å². The average Bonchev–Trinajstić information content (AvgIpc) is 3.33. The molecule has 0 radical (unpaired) electrons. The Kier molecular flexibility index (Phi) is 10.6. The number of aromatic nitrogens is 1. The van der Waals surface area contributed by atoms with E-state index in [1.54, 1.807) is 39.8 Å². The molecule has 47 heavy (non-hydrogen) atoms. The summed E-state index contributed by atoms with van der Waals surface area (Å²) in [4.78, 5) is 17.4. The predicted octanol–water partition coefficient (Wildman–Crippen LogP) is 5.10. The largest absolute Gasteiger partial charge is 0.496 e. The number of hydrogen-bond acceptors (Lipinski definition) is 8. The van der Waals surface area contributed by atoms with Crippen LogP contribution in [0.3, 0.4) is 0 Å². The normalized spacial score (nSPS) is 18.9. The van der Waals surface area contributed by atoms with Gasteiger partial charge in [-0.1, -0.05) is 29.8 Å². The highest BCUT2D eigenvalue weighted by Crippen LogP contribution is 2.47. The van der Waals surface area contributed by atoms with E-state index in [0.717, 1.165) is 6.07 Å². The predicted molar refractivity (Wildman–Crippen MR) is 170 cm³/mol. The lowest BCUT2D eigenvalue weighted by Crippen LogP contribution is -2.52. The Morgan fingerprint density at radius 1 is 1.17 bits per heavy atom. The second kappa shape index (κ2) is 13.7. The lowest BCUT2D eigenvalue weighted by molar-refractivity contribution is -0.265. The molecule has 3 aromatic rings. The smallest absolute Gasteiger partial charge is 0.424 e. The van der Waals surface area contributed by atoms with Gasteiger partial charge >= 0.3 is 6.18 Å². The van der Waals surface area contributed by atoms with Crippen LogP contribution in [0.5, 0.6) is 11.5 Å². The molecule has 0 aliphatic carbocycles. The van der Waals surface area contributed by atoms with Crippen LogP contribution in [-0.2, 0) is 33.5 Å². The number of nitrogens with one attached hydrogen (secondary N) is 2. The zero-order valence-corrected chi connectivity index (χ0v) is 28.2. The van der Waals surface area contributed by atoms with E-state index in [1.165, 1.54) is 44.4 Å². The molecule has 1 aliphatic rings. The van der Waals surface area contributed by atoms with Crippen molar-refractivity contribution in [1.82, 2.24) is 15.0 Å². The first-order chi connectivity index (χ1) is 21.8. The standard InChI is InChI=1S/C32H37ClF3N3O7S/c1-18(40)45-15-21-8-7-20(13-24(21)44-6)28(41)37-16-31(42,32(34,35)36)25-14-23-27(26(38-25)19-9-11-22(33)12-10-19)46-17-30(23,5)39-47(43)29(2,3)4/h7-14,18,39-40,42H,15-17H2,1-6H3,(H,37,41)/t18-,30?,31?,47?/m0/s1. The first kappa shape index (κ1) is 36.6. The number of aliphatic hydroxyl groups excluding tert-OH is 1. The minimum atomic E-state index is -5.31. The molecule has 3 unspecified atom stereocenters. The van der Waals surface area contributed by atoms with E-state index in [2.05, 4.69) is 15.0 Å². The van der Waals surface area contributed by atoms with E-state index in [9.17, 15) is 32.4 Å². The number of hydrogen-bond donors (Lipinski definition) is 4. The van der Waals surface area contributed by atoms with Crippen molar-refractivity contribution in [2.75, 3.05) is 20.3 Å². The molecule has 2 aromatic carbocycles. The molecule has 1 aromatic heterocycles. The number of carbonyl (C=O) groups excluding carboxylic acids is 1. The Morgan fingerprint density at radius 3 is 2.40 bits per heavy atom. The Bertz CT molecular complexity index is 1650. The summed E-state index contributed by atoms with van der Waals surface area (Å²) < 4.78 is 76.3. The number of halogens is 4. The molecule has 1 aliphatic heterocycles. The summed E-state index contributed by atoms with van der Waals surface area (Å²) in [5.74, 6) is -0.572. The van der Waals surface area contributed by atoms with Gasteiger partial charge in [0, 0.05) is 27.3 Å². The average molecular weight is 700 g/mol. The van der Waals surface area contributed by atoms with Crippen molar-refractivity contribution in [2.24, 2.45) is 0 Å². The summed E-state index contributed by atoms with van der Waals surface area (Å²) in [6.07, 6.45) is -6.37. The maximum Gasteiger partial charge on any atom is 0.424 e. The van der Waals surface area contributed by atoms with Crippen LogP contribution >= 0.6 is 11.6 Å². The quantitative estimate of drug-likeness (QED) is 0.203. The third kappa shape index (κ3) is 7.90. The van der Waals surface area contributed by atoms with E-state index in [0.29, 0.717) is 16.1 Å². The van der Waals surface area contributed by atoms with Gasteiger partial charge in [-0.3, -0.25) is 4.79 Å². The molecule has 4 rings (SSSR count). The summed E-state index contributed by atoms with van der Waals surface area (Å²) in [6.45, 7) is 6.85. The van der Waals surface area contributed by atoms with Crippen LogP contribution in [0.4, 0.5) is 13.2 Å². The van der Waals surface area contributed by atoms with Gasteiger partial charge in [0.2, 0.25) is 5.60 Å². The van der Waals surface area contributed by atoms with E-state index >= 15 is 0 Å². The lowest BCUT2D eigenvalue weighted by Gasteiger charge is -2.32. The van der Waals surface area contributed by atoms with E-state index in [1.807, 2.05) is 0 Å². The monoisotopic (exact) mass is 699 g/mol. The van der Waals surface area contributed by atoms with Gasteiger partial charge in [-0.15, -0.1) is 0 Å². The van der Waals surface area contributed by atoms with Gasteiger partial charge in [-0.05, 0) is 65.0 Å². The molecule has 2 heterocycles. The van der Waals surface area contributed by atoms with Crippen molar-refractivity contribution >= 4 is 28.5 Å². The number of benzene rings is 2. The van der Waals surface area contributed by atoms with Crippen molar-refractivity contribution in [3.8, 4) is 22.8 Å². The summed E-state index contributed by atoms with van der Waals surface area (Å²) in [7, 11) is -0.313. The van der Waals surface area contributed by atoms with Crippen molar-refractivity contribution in [3.63, 3.8) is 0 Å². The van der Waals surface area contributed by atoms with Gasteiger partial charge in [-0.2, -0.15) is 13.2 Å². The summed E-state index contributed by atoms with van der Waals surface area (Å²) in [5, 5.41) is 23.4. The highest BCUT2D eigenvalue weighted by Gasteiger charge is 2.57. The third-order valence-corrected chi connectivity index (χ3v) is 9.49. The number of ether oxygens (including phenoxy) is 3. The minimum absolute atomic E-state index is 0.00465. The number of methoxy groups -OCH3 is 1. The maximum absolute atomic E-state index is 14.9. The first-order valence-corrected chi connectivity index (χ1v) is 16.0. The molecule has 0 saturated heterocycles. The molecular formula is C32H37ClF3N3O7S. The summed E-state index contributed by atoms with van der Waals surface area (Å²) >= 11 is 6.05. The molecule has 0 saturated carbocycles. The molecule has 4 atom stereocenters. The van der Waals surface area contributed by atoms with Crippen molar-refractivity contribution in [3.05, 3.63) is 75.9 Å². The molecule has 15 heteroatoms. The van der Waals surface area contributed by atoms with Crippen LogP contribution < -0.4 is 19.5 Å². The second-order valence-corrected chi connectivity index (χ2v) is 14.7. The molecule has 256 valence electrons. The van der Waals surface area contributed by atoms with Crippen molar-refractivity contribution in [2.45, 2.75) is 69.6 Å². The molecule has 0 bridgehead atoms. The topological polar surface area (TPSA) is 139 Å². The minimum Gasteiger partial charge on any atom is -0.496 e. The fraction of sp³-hybridized carbons (Fsp3) is 0.438. The SMILES string of the molecule is COc1cc(C(=O)NCC(O)(c2cc3c(c(-c4ccc(Cl)cc4)n2)OCC3(C)NS(=O)C(C)(C)C)C(F)(F)F)ccc1CO[C@@H](C)O. The number of fused-ring (bicyclic) bond motifs is 1. The van der Waals surface area contributed by atoms with Crippen molar-refractivity contribution < 1.29 is 46.6 Å². The Balaban J connectivity index is 1.77. The Morgan fingerprint density at radius 2 is 1.83 bits per heavy atom. The number of rotatable bonds is 11. The highest BCUT2D eigenvalue weighted by molar-refractivity contribution is 7.84. The van der Waals surface area contributed by atoms with Crippen LogP contribution in [0.2, 0.25) is 5.02 Å². The number of carbonyl (C=O) groups is 1. The number of pyridine rings is 1. The van der Waals surface area contributed by atoms with Gasteiger partial charge < -0.3 is 29.7 Å². The van der Waals surface area contributed by atoms with Crippen LogP contribution in [0.25, 0.3) is 11.3 Å². The second-order valence-electron chi connectivity index (χ2n) is 12.3. The number of aliphatic hydroxyl groups is 2. The van der Waals surface area contributed by atoms with Crippen LogP contribution in [-0.4, -0.2) is 62.8 Å². The fourth-order valence-electron chi connectivity index (χ4n) is 4.70. The summed E-state index contributed by atoms with van der Waals surface area (Å²) in [6, 6.07) is 11.4. The van der Waals surface area contributed by atoms with Gasteiger partial charge in [0.05, 0.1) is 47.2 Å². The number of alkyl halides is 3. The van der Waals surface area contributed by atoms with E-state index in [4.69, 9.17) is 25.8 Å². The number of amides is 1. The molecule has 0 fully saturated rings. The van der Waals surface area contributed by atoms with Crippen molar-refractivity contribution in [1.29, 1.82) is 0 Å². The molecular weight excluding hydrogens is 663 g/mol. The maximum atomic E-state index is 14.9. The van der Waals surface area contributed by atoms with E-state index < -0.39 is 57.5 Å². The lowest BCUT2D eigenvalue weighted by atomic mass is 9.89. The molecule has 10 nitrogen and oxygen atoms in total. The Labute approximate surface area is 278 Å². The Hall–Kier alpha value is -3.27. The first-order valence-electron chi connectivity index (χ1n) is 14.5.